The van der Waals surface area contributed by atoms with Crippen molar-refractivity contribution in [1.82, 2.24) is 20.5 Å². The minimum Gasteiger partial charge on any atom is -0.465 e. The molecule has 2 rings (SSSR count). The fourth-order valence-corrected chi connectivity index (χ4v) is 1.35. The van der Waals surface area contributed by atoms with Crippen LogP contribution in [0.3, 0.4) is 0 Å². The van der Waals surface area contributed by atoms with E-state index in [2.05, 4.69) is 20.5 Å². The van der Waals surface area contributed by atoms with Crippen molar-refractivity contribution in [3.05, 3.63) is 35.3 Å². The number of nitrogens with one attached hydrogen (secondary N) is 2. The van der Waals surface area contributed by atoms with E-state index in [4.69, 9.17) is 4.42 Å². The van der Waals surface area contributed by atoms with Gasteiger partial charge in [-0.25, -0.2) is 4.98 Å². The quantitative estimate of drug-likeness (QED) is 0.791. The third-order valence-corrected chi connectivity index (χ3v) is 2.02. The molecule has 2 N–H and O–H groups in total. The van der Waals surface area contributed by atoms with Crippen LogP contribution in [0.2, 0.25) is 0 Å². The molecule has 0 bridgehead atoms. The molecular formula is C10H14N4O. The summed E-state index contributed by atoms with van der Waals surface area (Å²) in [5.41, 5.74) is 0. The van der Waals surface area contributed by atoms with Crippen LogP contribution in [0.4, 0.5) is 0 Å². The van der Waals surface area contributed by atoms with Gasteiger partial charge in [0.05, 0.1) is 13.1 Å². The predicted octanol–water partition coefficient (Wildman–Crippen LogP) is 1.30. The molecule has 2 aromatic heterocycles. The number of furan rings is 1. The fourth-order valence-electron chi connectivity index (χ4n) is 1.35. The number of nitrogens with zero attached hydrogens (tertiary/aromatic N) is 2. The van der Waals surface area contributed by atoms with Crippen LogP contribution in [0.25, 0.3) is 0 Å². The van der Waals surface area contributed by atoms with Gasteiger partial charge in [0.1, 0.15) is 17.3 Å². The molecule has 0 unspecified atom stereocenters. The normalized spacial score (nSPS) is 10.8. The summed E-state index contributed by atoms with van der Waals surface area (Å²) in [4.78, 5) is 4.19. The first kappa shape index (κ1) is 9.92. The topological polar surface area (TPSA) is 66.7 Å². The van der Waals surface area contributed by atoms with Crippen molar-refractivity contribution < 1.29 is 4.42 Å². The second-order valence-electron chi connectivity index (χ2n) is 3.45. The Morgan fingerprint density at radius 2 is 2.20 bits per heavy atom. The molecule has 5 heteroatoms. The maximum absolute atomic E-state index is 5.42. The van der Waals surface area contributed by atoms with Crippen molar-refractivity contribution >= 4 is 0 Å². The van der Waals surface area contributed by atoms with Crippen LogP contribution in [0.1, 0.15) is 23.2 Å². The molecule has 15 heavy (non-hydrogen) atoms. The van der Waals surface area contributed by atoms with Crippen LogP contribution in [-0.4, -0.2) is 15.2 Å². The highest BCUT2D eigenvalue weighted by molar-refractivity contribution is 5.05. The Bertz CT molecular complexity index is 392. The Hall–Kier alpha value is -1.62. The highest BCUT2D eigenvalue weighted by atomic mass is 16.3. The molecule has 0 aromatic carbocycles. The van der Waals surface area contributed by atoms with E-state index in [0.29, 0.717) is 13.1 Å². The lowest BCUT2D eigenvalue weighted by atomic mass is 10.4. The van der Waals surface area contributed by atoms with Gasteiger partial charge < -0.3 is 9.73 Å². The van der Waals surface area contributed by atoms with E-state index < -0.39 is 0 Å². The predicted molar refractivity (Wildman–Crippen MR) is 55.1 cm³/mol. The van der Waals surface area contributed by atoms with Crippen molar-refractivity contribution in [3.8, 4) is 0 Å². The van der Waals surface area contributed by atoms with Gasteiger partial charge >= 0.3 is 0 Å². The molecule has 0 fully saturated rings. The van der Waals surface area contributed by atoms with E-state index in [0.717, 1.165) is 23.2 Å². The molecule has 0 aliphatic heterocycles. The minimum absolute atomic E-state index is 0.643. The fraction of sp³-hybridized carbons (Fsp3) is 0.400. The zero-order valence-electron chi connectivity index (χ0n) is 8.87. The number of hydrogen-bond acceptors (Lipinski definition) is 4. The molecule has 2 aromatic rings. The monoisotopic (exact) mass is 206 g/mol. The van der Waals surface area contributed by atoms with Gasteiger partial charge in [-0.05, 0) is 26.0 Å². The average molecular weight is 206 g/mol. The highest BCUT2D eigenvalue weighted by Crippen LogP contribution is 2.05. The molecule has 0 radical (unpaired) electrons. The summed E-state index contributed by atoms with van der Waals surface area (Å²) < 4.78 is 5.42. The minimum atomic E-state index is 0.643. The van der Waals surface area contributed by atoms with Crippen LogP contribution < -0.4 is 5.32 Å². The summed E-state index contributed by atoms with van der Waals surface area (Å²) in [5, 5.41) is 10.0. The number of hydrogen-bond donors (Lipinski definition) is 2. The second kappa shape index (κ2) is 4.27. The summed E-state index contributed by atoms with van der Waals surface area (Å²) in [6.07, 6.45) is 0. The number of aromatic amines is 1. The molecule has 0 amide bonds. The van der Waals surface area contributed by atoms with E-state index in [9.17, 15) is 0 Å². The average Bonchev–Trinajstić information content (AvgIpc) is 2.76. The summed E-state index contributed by atoms with van der Waals surface area (Å²) >= 11 is 0. The number of aromatic nitrogens is 3. The SMILES string of the molecule is Cc1nc(CNCc2ccc(C)o2)n[nH]1. The lowest BCUT2D eigenvalue weighted by Gasteiger charge is -1.98. The van der Waals surface area contributed by atoms with E-state index >= 15 is 0 Å². The smallest absolute Gasteiger partial charge is 0.164 e. The maximum atomic E-state index is 5.42. The zero-order chi connectivity index (χ0) is 10.7. The Morgan fingerprint density at radius 1 is 1.33 bits per heavy atom. The van der Waals surface area contributed by atoms with Crippen LogP contribution in [0.15, 0.2) is 16.5 Å². The Morgan fingerprint density at radius 3 is 2.80 bits per heavy atom. The molecule has 5 nitrogen and oxygen atoms in total. The van der Waals surface area contributed by atoms with Gasteiger partial charge in [-0.15, -0.1) is 0 Å². The van der Waals surface area contributed by atoms with E-state index in [-0.39, 0.29) is 0 Å². The first-order valence-corrected chi connectivity index (χ1v) is 4.88. The summed E-state index contributed by atoms with van der Waals surface area (Å²) in [5.74, 6) is 3.47. The Kier molecular flexibility index (Phi) is 2.82. The lowest BCUT2D eigenvalue weighted by molar-refractivity contribution is 0.460. The van der Waals surface area contributed by atoms with Crippen molar-refractivity contribution in [3.63, 3.8) is 0 Å². The molecule has 0 saturated heterocycles. The molecule has 0 saturated carbocycles. The molecule has 2 heterocycles. The Balaban J connectivity index is 1.80. The van der Waals surface area contributed by atoms with E-state index in [1.54, 1.807) is 0 Å². The maximum Gasteiger partial charge on any atom is 0.164 e. The number of rotatable bonds is 4. The summed E-state index contributed by atoms with van der Waals surface area (Å²) in [6, 6.07) is 3.92. The number of aryl methyl sites for hydroxylation is 2. The van der Waals surface area contributed by atoms with Crippen LogP contribution in [0, 0.1) is 13.8 Å². The largest absolute Gasteiger partial charge is 0.465 e. The van der Waals surface area contributed by atoms with Gasteiger partial charge in [-0.2, -0.15) is 5.10 Å². The third kappa shape index (κ3) is 2.66. The molecule has 0 aliphatic carbocycles. The van der Waals surface area contributed by atoms with Crippen molar-refractivity contribution in [2.45, 2.75) is 26.9 Å². The highest BCUT2D eigenvalue weighted by Gasteiger charge is 2.01. The van der Waals surface area contributed by atoms with Crippen molar-refractivity contribution in [2.75, 3.05) is 0 Å². The van der Waals surface area contributed by atoms with Crippen LogP contribution in [-0.2, 0) is 13.1 Å². The molecular weight excluding hydrogens is 192 g/mol. The first-order valence-electron chi connectivity index (χ1n) is 4.88. The summed E-state index contributed by atoms with van der Waals surface area (Å²) in [7, 11) is 0. The third-order valence-electron chi connectivity index (χ3n) is 2.02. The van der Waals surface area contributed by atoms with Gasteiger partial charge in [0, 0.05) is 0 Å². The van der Waals surface area contributed by atoms with Gasteiger partial charge in [-0.1, -0.05) is 0 Å². The van der Waals surface area contributed by atoms with Crippen molar-refractivity contribution in [2.24, 2.45) is 0 Å². The zero-order valence-corrected chi connectivity index (χ0v) is 8.87. The first-order chi connectivity index (χ1) is 7.24. The molecule has 80 valence electrons. The van der Waals surface area contributed by atoms with Crippen LogP contribution >= 0.6 is 0 Å². The molecule has 0 spiro atoms. The molecule has 0 aliphatic rings. The van der Waals surface area contributed by atoms with Crippen LogP contribution in [0.5, 0.6) is 0 Å². The lowest BCUT2D eigenvalue weighted by Crippen LogP contribution is -2.13. The summed E-state index contributed by atoms with van der Waals surface area (Å²) in [6.45, 7) is 5.15. The standard InChI is InChI=1S/C10H14N4O/c1-7-3-4-9(15-7)5-11-6-10-12-8(2)13-14-10/h3-4,11H,5-6H2,1-2H3,(H,12,13,14). The van der Waals surface area contributed by atoms with E-state index in [1.165, 1.54) is 0 Å². The Labute approximate surface area is 87.9 Å². The van der Waals surface area contributed by atoms with E-state index in [1.807, 2.05) is 26.0 Å². The molecule has 0 atom stereocenters. The van der Waals surface area contributed by atoms with Gasteiger partial charge in [0.2, 0.25) is 0 Å². The van der Waals surface area contributed by atoms with Gasteiger partial charge in [0.15, 0.2) is 5.82 Å². The van der Waals surface area contributed by atoms with Gasteiger partial charge in [-0.3, -0.25) is 5.10 Å². The van der Waals surface area contributed by atoms with Crippen molar-refractivity contribution in [1.29, 1.82) is 0 Å². The second-order valence-corrected chi connectivity index (χ2v) is 3.45. The number of H-pyrrole nitrogens is 1. The van der Waals surface area contributed by atoms with Gasteiger partial charge in [0.25, 0.3) is 0 Å².